The topological polar surface area (TPSA) is 99.4 Å². The number of benzene rings is 2. The number of carbonyl (C=O) groups is 3. The third-order valence-corrected chi connectivity index (χ3v) is 4.14. The Morgan fingerprint density at radius 3 is 2.34 bits per heavy atom. The lowest BCUT2D eigenvalue weighted by Gasteiger charge is -2.11. The summed E-state index contributed by atoms with van der Waals surface area (Å²) in [6.45, 7) is -0.563. The molecule has 0 spiro atoms. The van der Waals surface area contributed by atoms with Gasteiger partial charge in [0.2, 0.25) is 0 Å². The van der Waals surface area contributed by atoms with E-state index in [9.17, 15) is 19.6 Å². The average Bonchev–Trinajstić information content (AvgIpc) is 2.74. The van der Waals surface area contributed by atoms with Crippen LogP contribution in [0.25, 0.3) is 0 Å². The van der Waals surface area contributed by atoms with E-state index in [4.69, 9.17) is 16.3 Å². The molecule has 2 aromatic carbocycles. The first kappa shape index (κ1) is 20.0. The Hall–Kier alpha value is -3.71. The van der Waals surface area contributed by atoms with Crippen LogP contribution in [-0.2, 0) is 9.53 Å². The third kappa shape index (κ3) is 5.18. The zero-order chi connectivity index (χ0) is 20.8. The van der Waals surface area contributed by atoms with Gasteiger partial charge in [0, 0.05) is 28.3 Å². The van der Waals surface area contributed by atoms with Crippen LogP contribution in [0.1, 0.15) is 26.3 Å². The summed E-state index contributed by atoms with van der Waals surface area (Å²) in [4.78, 5) is 36.9. The van der Waals surface area contributed by atoms with Crippen molar-refractivity contribution in [2.75, 3.05) is 11.9 Å². The lowest BCUT2D eigenvalue weighted by atomic mass is 10.0. The van der Waals surface area contributed by atoms with E-state index in [2.05, 4.69) is 5.32 Å². The molecule has 7 nitrogen and oxygen atoms in total. The number of ether oxygens (including phenoxy) is 1. The highest BCUT2D eigenvalue weighted by molar-refractivity contribution is 6.31. The SMILES string of the molecule is O=C(COC(=O)c1cc[n+]([O-])cc1)Nc1ccc(Cl)cc1C(=O)c1ccccc1. The second-order valence-electron chi connectivity index (χ2n) is 5.96. The zero-order valence-corrected chi connectivity index (χ0v) is 15.8. The van der Waals surface area contributed by atoms with Crippen molar-refractivity contribution in [3.05, 3.63) is 100.0 Å². The van der Waals surface area contributed by atoms with Crippen LogP contribution in [0.5, 0.6) is 0 Å². The van der Waals surface area contributed by atoms with Crippen LogP contribution in [0.15, 0.2) is 73.1 Å². The molecule has 0 saturated carbocycles. The molecule has 0 bridgehead atoms. The number of nitrogens with zero attached hydrogens (tertiary/aromatic N) is 1. The largest absolute Gasteiger partial charge is 0.619 e. The summed E-state index contributed by atoms with van der Waals surface area (Å²) in [6.07, 6.45) is 2.29. The first-order valence-corrected chi connectivity index (χ1v) is 8.87. The van der Waals surface area contributed by atoms with E-state index in [-0.39, 0.29) is 22.6 Å². The number of nitrogens with one attached hydrogen (secondary N) is 1. The Kier molecular flexibility index (Phi) is 6.21. The maximum absolute atomic E-state index is 12.8. The standard InChI is InChI=1S/C21H15ClN2O5/c22-16-6-7-18(17(12-16)20(26)14-4-2-1-3-5-14)23-19(25)13-29-21(27)15-8-10-24(28)11-9-15/h1-12H,13H2,(H,23,25). The molecule has 1 aromatic heterocycles. The summed E-state index contributed by atoms with van der Waals surface area (Å²) in [5.74, 6) is -1.69. The number of hydrogen-bond donors (Lipinski definition) is 1. The summed E-state index contributed by atoms with van der Waals surface area (Å²) in [5.41, 5.74) is 1.04. The molecule has 1 amide bonds. The Morgan fingerprint density at radius 1 is 0.966 bits per heavy atom. The second kappa shape index (κ2) is 8.99. The van der Waals surface area contributed by atoms with E-state index in [0.717, 1.165) is 12.4 Å². The minimum atomic E-state index is -0.752. The molecule has 1 N–H and O–H groups in total. The van der Waals surface area contributed by atoms with Crippen molar-refractivity contribution in [2.45, 2.75) is 0 Å². The molecule has 3 rings (SSSR count). The second-order valence-corrected chi connectivity index (χ2v) is 6.39. The van der Waals surface area contributed by atoms with Gasteiger partial charge in [0.15, 0.2) is 24.8 Å². The number of esters is 1. The Labute approximate surface area is 171 Å². The van der Waals surface area contributed by atoms with E-state index >= 15 is 0 Å². The molecule has 8 heteroatoms. The Balaban J connectivity index is 1.69. The van der Waals surface area contributed by atoms with Crippen LogP contribution in [0.3, 0.4) is 0 Å². The van der Waals surface area contributed by atoms with Gasteiger partial charge in [-0.1, -0.05) is 41.9 Å². The van der Waals surface area contributed by atoms with Crippen LogP contribution in [0.2, 0.25) is 5.02 Å². The van der Waals surface area contributed by atoms with Crippen LogP contribution in [0, 0.1) is 5.21 Å². The van der Waals surface area contributed by atoms with Gasteiger partial charge < -0.3 is 15.3 Å². The van der Waals surface area contributed by atoms with Crippen LogP contribution >= 0.6 is 11.6 Å². The van der Waals surface area contributed by atoms with E-state index in [1.54, 1.807) is 30.3 Å². The maximum Gasteiger partial charge on any atom is 0.339 e. The fraction of sp³-hybridized carbons (Fsp3) is 0.0476. The first-order chi connectivity index (χ1) is 13.9. The summed E-state index contributed by atoms with van der Waals surface area (Å²) in [6, 6.07) is 15.6. The lowest BCUT2D eigenvalue weighted by molar-refractivity contribution is -0.605. The van der Waals surface area contributed by atoms with Gasteiger partial charge >= 0.3 is 5.97 Å². The van der Waals surface area contributed by atoms with Gasteiger partial charge in [-0.2, -0.15) is 4.73 Å². The number of anilines is 1. The molecular formula is C21H15ClN2O5. The van der Waals surface area contributed by atoms with Gasteiger partial charge in [-0.3, -0.25) is 9.59 Å². The monoisotopic (exact) mass is 410 g/mol. The highest BCUT2D eigenvalue weighted by atomic mass is 35.5. The van der Waals surface area contributed by atoms with Crippen molar-refractivity contribution >= 4 is 34.9 Å². The average molecular weight is 411 g/mol. The van der Waals surface area contributed by atoms with E-state index in [0.29, 0.717) is 15.3 Å². The van der Waals surface area contributed by atoms with Gasteiger partial charge in [0.05, 0.1) is 11.3 Å². The van der Waals surface area contributed by atoms with Gasteiger partial charge in [-0.05, 0) is 18.2 Å². The van der Waals surface area contributed by atoms with Crippen LogP contribution in [0.4, 0.5) is 5.69 Å². The molecule has 0 aliphatic heterocycles. The summed E-state index contributed by atoms with van der Waals surface area (Å²) in [5, 5.41) is 13.9. The minimum Gasteiger partial charge on any atom is -0.619 e. The van der Waals surface area contributed by atoms with Crippen LogP contribution in [-0.4, -0.2) is 24.3 Å². The highest BCUT2D eigenvalue weighted by Crippen LogP contribution is 2.23. The van der Waals surface area contributed by atoms with Crippen molar-refractivity contribution in [3.8, 4) is 0 Å². The van der Waals surface area contributed by atoms with Gasteiger partial charge in [-0.15, -0.1) is 0 Å². The van der Waals surface area contributed by atoms with Gasteiger partial charge in [-0.25, -0.2) is 4.79 Å². The Bertz CT molecular complexity index is 1050. The molecule has 0 atom stereocenters. The van der Waals surface area contributed by atoms with Crippen molar-refractivity contribution in [1.29, 1.82) is 0 Å². The number of carbonyl (C=O) groups excluding carboxylic acids is 3. The van der Waals surface area contributed by atoms with Crippen molar-refractivity contribution < 1.29 is 23.9 Å². The normalized spacial score (nSPS) is 10.2. The summed E-state index contributed by atoms with van der Waals surface area (Å²) >= 11 is 6.01. The number of pyridine rings is 1. The molecule has 0 radical (unpaired) electrons. The summed E-state index contributed by atoms with van der Waals surface area (Å²) < 4.78 is 5.46. The minimum absolute atomic E-state index is 0.135. The fourth-order valence-corrected chi connectivity index (χ4v) is 2.68. The quantitative estimate of drug-likeness (QED) is 0.291. The number of rotatable bonds is 6. The molecule has 0 unspecified atom stereocenters. The predicted octanol–water partition coefficient (Wildman–Crippen LogP) is 3.00. The molecule has 29 heavy (non-hydrogen) atoms. The molecule has 0 fully saturated rings. The third-order valence-electron chi connectivity index (χ3n) is 3.91. The number of ketones is 1. The molecule has 3 aromatic rings. The smallest absolute Gasteiger partial charge is 0.339 e. The molecule has 1 heterocycles. The number of halogens is 1. The van der Waals surface area contributed by atoms with Gasteiger partial charge in [0.1, 0.15) is 0 Å². The number of aromatic nitrogens is 1. The highest BCUT2D eigenvalue weighted by Gasteiger charge is 2.17. The van der Waals surface area contributed by atoms with Crippen molar-refractivity contribution in [1.82, 2.24) is 0 Å². The fourth-order valence-electron chi connectivity index (χ4n) is 2.51. The summed E-state index contributed by atoms with van der Waals surface area (Å²) in [7, 11) is 0. The first-order valence-electron chi connectivity index (χ1n) is 8.49. The maximum atomic E-state index is 12.8. The molecular weight excluding hydrogens is 396 g/mol. The molecule has 146 valence electrons. The van der Waals surface area contributed by atoms with E-state index in [1.807, 2.05) is 0 Å². The van der Waals surface area contributed by atoms with E-state index < -0.39 is 18.5 Å². The van der Waals surface area contributed by atoms with Gasteiger partial charge in [0.25, 0.3) is 5.91 Å². The molecule has 0 aliphatic rings. The van der Waals surface area contributed by atoms with Crippen LogP contribution < -0.4 is 10.0 Å². The van der Waals surface area contributed by atoms with Crippen molar-refractivity contribution in [3.63, 3.8) is 0 Å². The molecule has 0 aliphatic carbocycles. The van der Waals surface area contributed by atoms with Crippen molar-refractivity contribution in [2.24, 2.45) is 0 Å². The number of amides is 1. The molecule has 0 saturated heterocycles. The predicted molar refractivity (Wildman–Crippen MR) is 106 cm³/mol. The Morgan fingerprint density at radius 2 is 1.66 bits per heavy atom. The zero-order valence-electron chi connectivity index (χ0n) is 15.0. The van der Waals surface area contributed by atoms with E-state index in [1.165, 1.54) is 30.3 Å². The number of hydrogen-bond acceptors (Lipinski definition) is 5. The lowest BCUT2D eigenvalue weighted by Crippen LogP contribution is -2.25.